The molecule has 4 rings (SSSR count). The van der Waals surface area contributed by atoms with E-state index in [1.165, 1.54) is 43.4 Å². The number of nitrogens with one attached hydrogen (secondary N) is 2. The van der Waals surface area contributed by atoms with Crippen molar-refractivity contribution < 1.29 is 4.79 Å². The summed E-state index contributed by atoms with van der Waals surface area (Å²) in [6.45, 7) is 0.823. The Morgan fingerprint density at radius 1 is 1.11 bits per heavy atom. The van der Waals surface area contributed by atoms with Crippen molar-refractivity contribution in [3.63, 3.8) is 0 Å². The van der Waals surface area contributed by atoms with E-state index in [1.807, 2.05) is 6.07 Å². The van der Waals surface area contributed by atoms with Crippen LogP contribution in [-0.2, 0) is 25.8 Å². The summed E-state index contributed by atoms with van der Waals surface area (Å²) in [7, 11) is 1.69. The summed E-state index contributed by atoms with van der Waals surface area (Å²) < 4.78 is 2.09. The molecule has 5 nitrogen and oxygen atoms in total. The van der Waals surface area contributed by atoms with E-state index in [0.29, 0.717) is 17.8 Å². The van der Waals surface area contributed by atoms with Gasteiger partial charge in [-0.2, -0.15) is 5.10 Å². The van der Waals surface area contributed by atoms with Gasteiger partial charge in [0.2, 0.25) is 0 Å². The number of hydrogen-bond donors (Lipinski definition) is 2. The fourth-order valence-corrected chi connectivity index (χ4v) is 4.80. The first-order valence-electron chi connectivity index (χ1n) is 10.8. The Morgan fingerprint density at radius 3 is 2.64 bits per heavy atom. The van der Waals surface area contributed by atoms with Crippen molar-refractivity contribution in [3.05, 3.63) is 52.8 Å². The second-order valence-electron chi connectivity index (χ2n) is 8.25. The molecule has 2 aliphatic carbocycles. The lowest BCUT2D eigenvalue weighted by Crippen LogP contribution is -2.42. The molecule has 0 radical (unpaired) electrons. The summed E-state index contributed by atoms with van der Waals surface area (Å²) in [5.41, 5.74) is 4.35. The highest BCUT2D eigenvalue weighted by Gasteiger charge is 2.30. The number of benzene rings is 1. The van der Waals surface area contributed by atoms with Gasteiger partial charge in [-0.3, -0.25) is 9.48 Å². The van der Waals surface area contributed by atoms with Crippen molar-refractivity contribution in [2.45, 2.75) is 76.4 Å². The van der Waals surface area contributed by atoms with Crippen LogP contribution in [0.4, 0.5) is 0 Å². The van der Waals surface area contributed by atoms with E-state index >= 15 is 0 Å². The number of fused-ring (bicyclic) bond motifs is 1. The maximum Gasteiger partial charge on any atom is 0.271 e. The van der Waals surface area contributed by atoms with E-state index in [4.69, 9.17) is 5.10 Å². The molecular formula is C23H32N4O. The molecule has 0 aliphatic heterocycles. The average molecular weight is 381 g/mol. The van der Waals surface area contributed by atoms with Gasteiger partial charge in [-0.25, -0.2) is 0 Å². The zero-order chi connectivity index (χ0) is 19.3. The van der Waals surface area contributed by atoms with Crippen molar-refractivity contribution in [2.75, 3.05) is 7.05 Å². The van der Waals surface area contributed by atoms with Gasteiger partial charge in [-0.05, 0) is 44.1 Å². The topological polar surface area (TPSA) is 59.0 Å². The van der Waals surface area contributed by atoms with E-state index in [-0.39, 0.29) is 5.91 Å². The molecule has 5 heteroatoms. The molecule has 0 spiro atoms. The molecule has 1 atom stereocenters. The Hall–Kier alpha value is -2.14. The average Bonchev–Trinajstić information content (AvgIpc) is 3.11. The Balaban J connectivity index is 1.50. The zero-order valence-corrected chi connectivity index (χ0v) is 16.9. The van der Waals surface area contributed by atoms with Crippen LogP contribution >= 0.6 is 0 Å². The van der Waals surface area contributed by atoms with Gasteiger partial charge < -0.3 is 10.6 Å². The van der Waals surface area contributed by atoms with Crippen molar-refractivity contribution in [1.82, 2.24) is 20.4 Å². The standard InChI is InChI=1S/C23H32N4O/c1-24-23(28)22-20-16-19(25-18-10-6-3-7-11-18)12-13-21(20)27(26-22)15-14-17-8-4-2-5-9-17/h2,4-5,8-9,18-19,25H,3,6-7,10-16H2,1H3,(H,24,28)/t19-/m1/s1. The van der Waals surface area contributed by atoms with Crippen LogP contribution in [0.1, 0.15) is 65.8 Å². The molecule has 1 aromatic heterocycles. The maximum absolute atomic E-state index is 12.5. The van der Waals surface area contributed by atoms with Crippen molar-refractivity contribution in [3.8, 4) is 0 Å². The monoisotopic (exact) mass is 380 g/mol. The zero-order valence-electron chi connectivity index (χ0n) is 16.9. The van der Waals surface area contributed by atoms with Crippen molar-refractivity contribution in [2.24, 2.45) is 0 Å². The lowest BCUT2D eigenvalue weighted by atomic mass is 9.88. The number of carbonyl (C=O) groups is 1. The van der Waals surface area contributed by atoms with Crippen LogP contribution in [-0.4, -0.2) is 34.8 Å². The van der Waals surface area contributed by atoms with Crippen LogP contribution in [0.15, 0.2) is 30.3 Å². The molecule has 2 aliphatic rings. The summed E-state index contributed by atoms with van der Waals surface area (Å²) in [6, 6.07) is 11.6. The molecular weight excluding hydrogens is 348 g/mol. The predicted molar refractivity (Wildman–Crippen MR) is 112 cm³/mol. The molecule has 1 heterocycles. The molecule has 0 saturated heterocycles. The normalized spacial score (nSPS) is 20.0. The number of rotatable bonds is 6. The second-order valence-corrected chi connectivity index (χ2v) is 8.25. The molecule has 28 heavy (non-hydrogen) atoms. The molecule has 1 aromatic carbocycles. The van der Waals surface area contributed by atoms with Gasteiger partial charge in [-0.15, -0.1) is 0 Å². The lowest BCUT2D eigenvalue weighted by molar-refractivity contribution is 0.0956. The van der Waals surface area contributed by atoms with Crippen LogP contribution in [0.25, 0.3) is 0 Å². The fourth-order valence-electron chi connectivity index (χ4n) is 4.80. The largest absolute Gasteiger partial charge is 0.354 e. The maximum atomic E-state index is 12.5. The highest BCUT2D eigenvalue weighted by Crippen LogP contribution is 2.27. The Labute approximate surface area is 167 Å². The molecule has 0 unspecified atom stereocenters. The van der Waals surface area contributed by atoms with Gasteiger partial charge in [0.1, 0.15) is 0 Å². The molecule has 150 valence electrons. The highest BCUT2D eigenvalue weighted by atomic mass is 16.1. The third-order valence-corrected chi connectivity index (χ3v) is 6.32. The fraction of sp³-hybridized carbons (Fsp3) is 0.565. The van der Waals surface area contributed by atoms with Gasteiger partial charge in [0, 0.05) is 36.9 Å². The minimum atomic E-state index is -0.0620. The van der Waals surface area contributed by atoms with Crippen LogP contribution in [0.3, 0.4) is 0 Å². The van der Waals surface area contributed by atoms with E-state index in [2.05, 4.69) is 39.6 Å². The quantitative estimate of drug-likeness (QED) is 0.809. The van der Waals surface area contributed by atoms with Crippen LogP contribution < -0.4 is 10.6 Å². The van der Waals surface area contributed by atoms with E-state index in [1.54, 1.807) is 7.05 Å². The first-order chi connectivity index (χ1) is 13.7. The van der Waals surface area contributed by atoms with E-state index in [0.717, 1.165) is 37.8 Å². The minimum Gasteiger partial charge on any atom is -0.354 e. The SMILES string of the molecule is CNC(=O)c1nn(CCc2ccccc2)c2c1C[C@H](NC1CCCCC1)CC2. The van der Waals surface area contributed by atoms with Gasteiger partial charge >= 0.3 is 0 Å². The van der Waals surface area contributed by atoms with Crippen LogP contribution in [0.2, 0.25) is 0 Å². The first kappa shape index (κ1) is 19.2. The van der Waals surface area contributed by atoms with E-state index in [9.17, 15) is 4.79 Å². The minimum absolute atomic E-state index is 0.0620. The molecule has 1 saturated carbocycles. The van der Waals surface area contributed by atoms with Crippen LogP contribution in [0.5, 0.6) is 0 Å². The smallest absolute Gasteiger partial charge is 0.271 e. The first-order valence-corrected chi connectivity index (χ1v) is 10.8. The Kier molecular flexibility index (Phi) is 6.10. The van der Waals surface area contributed by atoms with Gasteiger partial charge in [0.15, 0.2) is 5.69 Å². The number of aromatic nitrogens is 2. The van der Waals surface area contributed by atoms with Gasteiger partial charge in [0.25, 0.3) is 5.91 Å². The second kappa shape index (κ2) is 8.91. The third kappa shape index (κ3) is 4.30. The number of carbonyl (C=O) groups excluding carboxylic acids is 1. The Bertz CT molecular complexity index is 792. The van der Waals surface area contributed by atoms with Crippen molar-refractivity contribution >= 4 is 5.91 Å². The summed E-state index contributed by atoms with van der Waals surface area (Å²) in [5.74, 6) is -0.0620. The summed E-state index contributed by atoms with van der Waals surface area (Å²) in [5, 5.41) is 11.4. The number of amides is 1. The third-order valence-electron chi connectivity index (χ3n) is 6.32. The molecule has 0 bridgehead atoms. The van der Waals surface area contributed by atoms with Gasteiger partial charge in [0.05, 0.1) is 0 Å². The van der Waals surface area contributed by atoms with Gasteiger partial charge in [-0.1, -0.05) is 49.6 Å². The highest BCUT2D eigenvalue weighted by molar-refractivity contribution is 5.93. The summed E-state index contributed by atoms with van der Waals surface area (Å²) in [4.78, 5) is 12.5. The Morgan fingerprint density at radius 2 is 1.89 bits per heavy atom. The molecule has 1 fully saturated rings. The van der Waals surface area contributed by atoms with E-state index < -0.39 is 0 Å². The molecule has 2 N–H and O–H groups in total. The van der Waals surface area contributed by atoms with Crippen LogP contribution in [0, 0.1) is 0 Å². The summed E-state index contributed by atoms with van der Waals surface area (Å²) in [6.07, 6.45) is 10.6. The predicted octanol–water partition coefficient (Wildman–Crippen LogP) is 3.27. The molecule has 2 aromatic rings. The lowest BCUT2D eigenvalue weighted by Gasteiger charge is -2.31. The number of aryl methyl sites for hydroxylation is 2. The summed E-state index contributed by atoms with van der Waals surface area (Å²) >= 11 is 0. The molecule has 1 amide bonds. The number of nitrogens with zero attached hydrogens (tertiary/aromatic N) is 2. The van der Waals surface area contributed by atoms with Crippen molar-refractivity contribution in [1.29, 1.82) is 0 Å². The number of hydrogen-bond acceptors (Lipinski definition) is 3.